The van der Waals surface area contributed by atoms with Gasteiger partial charge < -0.3 is 4.74 Å². The molecule has 1 aromatic heterocycles. The first-order valence-electron chi connectivity index (χ1n) is 5.57. The smallest absolute Gasteiger partial charge is 0.157 e. The molecule has 5 heteroatoms. The third kappa shape index (κ3) is 2.48. The van der Waals surface area contributed by atoms with Gasteiger partial charge in [0.15, 0.2) is 5.75 Å². The van der Waals surface area contributed by atoms with Gasteiger partial charge in [0, 0.05) is 5.39 Å². The summed E-state index contributed by atoms with van der Waals surface area (Å²) in [4.78, 5) is 0. The first kappa shape index (κ1) is 12.2. The topological polar surface area (TPSA) is 35.0 Å². The maximum Gasteiger partial charge on any atom is 0.157 e. The average molecular weight is 291 g/mol. The summed E-state index contributed by atoms with van der Waals surface area (Å²) in [5, 5.41) is 9.59. The molecule has 0 aliphatic rings. The van der Waals surface area contributed by atoms with Gasteiger partial charge in [0.2, 0.25) is 0 Å². The highest BCUT2D eigenvalue weighted by Crippen LogP contribution is 2.33. The number of ether oxygens (including phenoxy) is 1. The van der Waals surface area contributed by atoms with Gasteiger partial charge >= 0.3 is 0 Å². The number of benzene rings is 2. The maximum absolute atomic E-state index is 6.03. The standard InChI is InChI=1S/C14H8Cl2N2O/c15-11-6-10-13(7-12(11)16)18-17-8-14(10)19-9-4-2-1-3-5-9/h1-8H. The normalized spacial score (nSPS) is 10.6. The Labute approximate surface area is 119 Å². The molecule has 0 bridgehead atoms. The van der Waals surface area contributed by atoms with Gasteiger partial charge in [-0.25, -0.2) is 0 Å². The summed E-state index contributed by atoms with van der Waals surface area (Å²) in [6.07, 6.45) is 1.56. The van der Waals surface area contributed by atoms with Crippen LogP contribution in [0.2, 0.25) is 10.0 Å². The van der Waals surface area contributed by atoms with Gasteiger partial charge in [0.05, 0.1) is 21.8 Å². The molecule has 0 fully saturated rings. The predicted octanol–water partition coefficient (Wildman–Crippen LogP) is 4.73. The number of rotatable bonds is 2. The van der Waals surface area contributed by atoms with Gasteiger partial charge in [0.1, 0.15) is 5.75 Å². The van der Waals surface area contributed by atoms with Crippen LogP contribution in [0.15, 0.2) is 48.7 Å². The Morgan fingerprint density at radius 3 is 2.47 bits per heavy atom. The molecule has 0 atom stereocenters. The number of aromatic nitrogens is 2. The van der Waals surface area contributed by atoms with Gasteiger partial charge in [-0.3, -0.25) is 0 Å². The van der Waals surface area contributed by atoms with Crippen molar-refractivity contribution < 1.29 is 4.74 Å². The fraction of sp³-hybridized carbons (Fsp3) is 0. The van der Waals surface area contributed by atoms with Crippen LogP contribution in [0.3, 0.4) is 0 Å². The van der Waals surface area contributed by atoms with Crippen molar-refractivity contribution in [3.05, 3.63) is 58.7 Å². The van der Waals surface area contributed by atoms with Crippen molar-refractivity contribution in [2.75, 3.05) is 0 Å². The van der Waals surface area contributed by atoms with Gasteiger partial charge in [-0.1, -0.05) is 41.4 Å². The van der Waals surface area contributed by atoms with Crippen molar-refractivity contribution in [2.24, 2.45) is 0 Å². The summed E-state index contributed by atoms with van der Waals surface area (Å²) in [6.45, 7) is 0. The Hall–Kier alpha value is -1.84. The zero-order valence-electron chi connectivity index (χ0n) is 9.68. The predicted molar refractivity (Wildman–Crippen MR) is 76.1 cm³/mol. The van der Waals surface area contributed by atoms with E-state index in [1.54, 1.807) is 18.3 Å². The van der Waals surface area contributed by atoms with E-state index in [9.17, 15) is 0 Å². The molecule has 0 unspecified atom stereocenters. The minimum Gasteiger partial charge on any atom is -0.455 e. The molecule has 2 aromatic carbocycles. The van der Waals surface area contributed by atoms with Crippen molar-refractivity contribution in [1.29, 1.82) is 0 Å². The number of halogens is 2. The van der Waals surface area contributed by atoms with Crippen LogP contribution in [-0.2, 0) is 0 Å². The Bertz CT molecular complexity index is 732. The average Bonchev–Trinajstić information content (AvgIpc) is 2.42. The van der Waals surface area contributed by atoms with Crippen LogP contribution in [0.25, 0.3) is 10.9 Å². The summed E-state index contributed by atoms with van der Waals surface area (Å²) in [6, 6.07) is 12.8. The Balaban J connectivity index is 2.11. The largest absolute Gasteiger partial charge is 0.455 e. The number of fused-ring (bicyclic) bond motifs is 1. The van der Waals surface area contributed by atoms with Gasteiger partial charge in [-0.2, -0.15) is 10.2 Å². The van der Waals surface area contributed by atoms with Crippen molar-refractivity contribution in [1.82, 2.24) is 10.2 Å². The zero-order valence-corrected chi connectivity index (χ0v) is 11.2. The van der Waals surface area contributed by atoms with E-state index >= 15 is 0 Å². The van der Waals surface area contributed by atoms with E-state index in [2.05, 4.69) is 10.2 Å². The molecule has 1 heterocycles. The second kappa shape index (κ2) is 5.03. The summed E-state index contributed by atoms with van der Waals surface area (Å²) < 4.78 is 5.78. The third-order valence-corrected chi connectivity index (χ3v) is 3.34. The van der Waals surface area contributed by atoms with E-state index in [0.29, 0.717) is 21.3 Å². The minimum absolute atomic E-state index is 0.445. The lowest BCUT2D eigenvalue weighted by Gasteiger charge is -2.08. The lowest BCUT2D eigenvalue weighted by Crippen LogP contribution is -1.90. The van der Waals surface area contributed by atoms with Gasteiger partial charge in [-0.15, -0.1) is 0 Å². The van der Waals surface area contributed by atoms with Crippen molar-refractivity contribution in [3.8, 4) is 11.5 Å². The van der Waals surface area contributed by atoms with E-state index in [-0.39, 0.29) is 0 Å². The van der Waals surface area contributed by atoms with Crippen LogP contribution in [-0.4, -0.2) is 10.2 Å². The van der Waals surface area contributed by atoms with Crippen LogP contribution < -0.4 is 4.74 Å². The second-order valence-electron chi connectivity index (χ2n) is 3.91. The second-order valence-corrected chi connectivity index (χ2v) is 4.72. The SMILES string of the molecule is Clc1cc2nncc(Oc3ccccc3)c2cc1Cl. The van der Waals surface area contributed by atoms with E-state index < -0.39 is 0 Å². The number of para-hydroxylation sites is 1. The van der Waals surface area contributed by atoms with Gasteiger partial charge in [-0.05, 0) is 24.3 Å². The van der Waals surface area contributed by atoms with Gasteiger partial charge in [0.25, 0.3) is 0 Å². The van der Waals surface area contributed by atoms with E-state index in [0.717, 1.165) is 11.1 Å². The van der Waals surface area contributed by atoms with Crippen LogP contribution in [0.4, 0.5) is 0 Å². The Kier molecular flexibility index (Phi) is 3.23. The molecular weight excluding hydrogens is 283 g/mol. The molecule has 0 spiro atoms. The third-order valence-electron chi connectivity index (χ3n) is 2.62. The molecule has 0 aliphatic heterocycles. The maximum atomic E-state index is 6.03. The zero-order chi connectivity index (χ0) is 13.2. The molecule has 0 amide bonds. The molecule has 3 aromatic rings. The van der Waals surface area contributed by atoms with Crippen molar-refractivity contribution >= 4 is 34.1 Å². The monoisotopic (exact) mass is 290 g/mol. The number of hydrogen-bond donors (Lipinski definition) is 0. The van der Waals surface area contributed by atoms with Crippen molar-refractivity contribution in [2.45, 2.75) is 0 Å². The highest BCUT2D eigenvalue weighted by atomic mass is 35.5. The quantitative estimate of drug-likeness (QED) is 0.684. The van der Waals surface area contributed by atoms with E-state index in [1.807, 2.05) is 30.3 Å². The molecule has 0 aliphatic carbocycles. The molecule has 0 N–H and O–H groups in total. The lowest BCUT2D eigenvalue weighted by atomic mass is 10.2. The minimum atomic E-state index is 0.445. The van der Waals surface area contributed by atoms with Crippen LogP contribution in [0, 0.1) is 0 Å². The lowest BCUT2D eigenvalue weighted by molar-refractivity contribution is 0.485. The molecule has 0 saturated heterocycles. The van der Waals surface area contributed by atoms with Crippen molar-refractivity contribution in [3.63, 3.8) is 0 Å². The summed E-state index contributed by atoms with van der Waals surface area (Å²) in [5.41, 5.74) is 0.642. The van der Waals surface area contributed by atoms with E-state index in [1.165, 1.54) is 0 Å². The first-order chi connectivity index (χ1) is 9.24. The Morgan fingerprint density at radius 2 is 1.68 bits per heavy atom. The summed E-state index contributed by atoms with van der Waals surface area (Å²) in [7, 11) is 0. The summed E-state index contributed by atoms with van der Waals surface area (Å²) >= 11 is 12.0. The molecule has 0 radical (unpaired) electrons. The number of nitrogens with zero attached hydrogens (tertiary/aromatic N) is 2. The van der Waals surface area contributed by atoms with Crippen LogP contribution >= 0.6 is 23.2 Å². The molecule has 19 heavy (non-hydrogen) atoms. The molecular formula is C14H8Cl2N2O. The molecule has 3 rings (SSSR count). The highest BCUT2D eigenvalue weighted by molar-refractivity contribution is 6.42. The van der Waals surface area contributed by atoms with E-state index in [4.69, 9.17) is 27.9 Å². The first-order valence-corrected chi connectivity index (χ1v) is 6.33. The highest BCUT2D eigenvalue weighted by Gasteiger charge is 2.08. The molecule has 0 saturated carbocycles. The molecule has 3 nitrogen and oxygen atoms in total. The number of hydrogen-bond acceptors (Lipinski definition) is 3. The summed E-state index contributed by atoms with van der Waals surface area (Å²) in [5.74, 6) is 1.32. The Morgan fingerprint density at radius 1 is 0.947 bits per heavy atom. The van der Waals surface area contributed by atoms with Crippen LogP contribution in [0.1, 0.15) is 0 Å². The fourth-order valence-corrected chi connectivity index (χ4v) is 2.05. The fourth-order valence-electron chi connectivity index (χ4n) is 1.73. The molecule has 94 valence electrons. The van der Waals surface area contributed by atoms with Crippen LogP contribution in [0.5, 0.6) is 11.5 Å².